The topological polar surface area (TPSA) is 153 Å². The molecular formula is C22H32FN3O7S. The smallest absolute Gasteiger partial charge is 0.287 e. The first-order valence-corrected chi connectivity index (χ1v) is 12.5. The van der Waals surface area contributed by atoms with Gasteiger partial charge in [-0.05, 0) is 37.0 Å². The van der Waals surface area contributed by atoms with Gasteiger partial charge < -0.3 is 20.8 Å². The molecule has 1 unspecified atom stereocenters. The van der Waals surface area contributed by atoms with Crippen molar-refractivity contribution in [2.24, 2.45) is 11.3 Å². The van der Waals surface area contributed by atoms with Crippen LogP contribution in [0.15, 0.2) is 29.2 Å². The molecule has 34 heavy (non-hydrogen) atoms. The maximum Gasteiger partial charge on any atom is 0.287 e. The van der Waals surface area contributed by atoms with E-state index in [9.17, 15) is 37.4 Å². The molecule has 1 aromatic carbocycles. The fourth-order valence-corrected chi connectivity index (χ4v) is 4.92. The molecular weight excluding hydrogens is 469 g/mol. The minimum atomic E-state index is -3.80. The first-order chi connectivity index (χ1) is 15.9. The van der Waals surface area contributed by atoms with E-state index in [1.807, 2.05) is 0 Å². The van der Waals surface area contributed by atoms with Gasteiger partial charge in [-0.15, -0.1) is 0 Å². The van der Waals surface area contributed by atoms with Gasteiger partial charge >= 0.3 is 0 Å². The van der Waals surface area contributed by atoms with Gasteiger partial charge in [0.2, 0.25) is 21.7 Å². The van der Waals surface area contributed by atoms with Crippen LogP contribution in [0.2, 0.25) is 0 Å². The number of halogens is 1. The van der Waals surface area contributed by atoms with E-state index in [0.29, 0.717) is 12.8 Å². The van der Waals surface area contributed by atoms with Crippen molar-refractivity contribution < 1.29 is 37.4 Å². The largest absolute Gasteiger partial charge is 0.396 e. The number of rotatable bonds is 11. The van der Waals surface area contributed by atoms with Crippen LogP contribution in [-0.2, 0) is 24.4 Å². The molecule has 2 rings (SSSR count). The van der Waals surface area contributed by atoms with Gasteiger partial charge in [0, 0.05) is 38.0 Å². The lowest BCUT2D eigenvalue weighted by Crippen LogP contribution is -2.46. The van der Waals surface area contributed by atoms with Gasteiger partial charge in [0.05, 0.1) is 11.5 Å². The van der Waals surface area contributed by atoms with Crippen molar-refractivity contribution >= 4 is 27.6 Å². The van der Waals surface area contributed by atoms with E-state index in [1.165, 1.54) is 36.4 Å². The Labute approximate surface area is 198 Å². The van der Waals surface area contributed by atoms with E-state index in [4.69, 9.17) is 0 Å². The average Bonchev–Trinajstić information content (AvgIpc) is 2.82. The monoisotopic (exact) mass is 501 g/mol. The Morgan fingerprint density at radius 1 is 1.21 bits per heavy atom. The van der Waals surface area contributed by atoms with Crippen molar-refractivity contribution in [2.45, 2.75) is 44.1 Å². The van der Waals surface area contributed by atoms with Crippen molar-refractivity contribution in [3.8, 4) is 0 Å². The highest BCUT2D eigenvalue weighted by molar-refractivity contribution is 7.89. The summed E-state index contributed by atoms with van der Waals surface area (Å²) in [7, 11) is -3.80. The standard InChI is InChI=1S/C22H32FN3O7S/c1-22(2,14-27)19(29)21(31)24-9-6-18(28)20(30)25-13-15-7-10-26(11-8-15)34(32,33)17-5-3-4-16(23)12-17/h3-5,12,15,19,27,29H,6-11,13-14H2,1-2H3,(H,24,31)(H,25,30). The number of hydrogen-bond donors (Lipinski definition) is 4. The molecule has 2 amide bonds. The van der Waals surface area contributed by atoms with Gasteiger partial charge in [-0.2, -0.15) is 4.31 Å². The predicted molar refractivity (Wildman–Crippen MR) is 120 cm³/mol. The number of aliphatic hydroxyl groups excluding tert-OH is 2. The quantitative estimate of drug-likeness (QED) is 0.306. The third-order valence-electron chi connectivity index (χ3n) is 5.86. The summed E-state index contributed by atoms with van der Waals surface area (Å²) in [4.78, 5) is 35.8. The molecule has 0 radical (unpaired) electrons. The maximum absolute atomic E-state index is 13.4. The Kier molecular flexibility index (Phi) is 9.68. The SMILES string of the molecule is CC(C)(CO)C(O)C(=O)NCCC(=O)C(=O)NCC1CCN(S(=O)(=O)c2cccc(F)c2)CC1. The zero-order valence-electron chi connectivity index (χ0n) is 19.3. The van der Waals surface area contributed by atoms with Crippen molar-refractivity contribution in [3.05, 3.63) is 30.1 Å². The van der Waals surface area contributed by atoms with E-state index >= 15 is 0 Å². The summed E-state index contributed by atoms with van der Waals surface area (Å²) in [5.41, 5.74) is -1.04. The number of nitrogens with zero attached hydrogens (tertiary/aromatic N) is 1. The van der Waals surface area contributed by atoms with Crippen LogP contribution in [0.5, 0.6) is 0 Å². The second-order valence-corrected chi connectivity index (χ2v) is 11.0. The summed E-state index contributed by atoms with van der Waals surface area (Å²) in [6, 6.07) is 4.83. The van der Waals surface area contributed by atoms with Gasteiger partial charge in [-0.25, -0.2) is 12.8 Å². The first-order valence-electron chi connectivity index (χ1n) is 11.0. The van der Waals surface area contributed by atoms with Crippen LogP contribution in [0.3, 0.4) is 0 Å². The molecule has 1 atom stereocenters. The number of Topliss-reactive ketones (excluding diaryl/α,β-unsaturated/α-hetero) is 1. The zero-order valence-corrected chi connectivity index (χ0v) is 20.1. The molecule has 4 N–H and O–H groups in total. The highest BCUT2D eigenvalue weighted by atomic mass is 32.2. The van der Waals surface area contributed by atoms with Gasteiger partial charge in [-0.1, -0.05) is 19.9 Å². The molecule has 0 aliphatic carbocycles. The molecule has 190 valence electrons. The molecule has 1 aromatic rings. The Morgan fingerprint density at radius 3 is 2.44 bits per heavy atom. The number of hydrogen-bond acceptors (Lipinski definition) is 7. The Balaban J connectivity index is 1.73. The van der Waals surface area contributed by atoms with Crippen molar-refractivity contribution in [2.75, 3.05) is 32.8 Å². The molecule has 1 aliphatic heterocycles. The number of sulfonamides is 1. The number of benzene rings is 1. The van der Waals surface area contributed by atoms with Crippen LogP contribution in [0, 0.1) is 17.2 Å². The molecule has 1 fully saturated rings. The van der Waals surface area contributed by atoms with Crippen LogP contribution in [0.4, 0.5) is 4.39 Å². The molecule has 10 nitrogen and oxygen atoms in total. The number of ketones is 1. The number of aliphatic hydroxyl groups is 2. The molecule has 1 aliphatic rings. The van der Waals surface area contributed by atoms with Crippen molar-refractivity contribution in [1.29, 1.82) is 0 Å². The highest BCUT2D eigenvalue weighted by Gasteiger charge is 2.33. The van der Waals surface area contributed by atoms with Gasteiger partial charge in [0.1, 0.15) is 11.9 Å². The van der Waals surface area contributed by atoms with Crippen molar-refractivity contribution in [1.82, 2.24) is 14.9 Å². The van der Waals surface area contributed by atoms with Gasteiger partial charge in [-0.3, -0.25) is 14.4 Å². The van der Waals surface area contributed by atoms with E-state index in [2.05, 4.69) is 10.6 Å². The van der Waals surface area contributed by atoms with E-state index in [1.54, 1.807) is 0 Å². The summed E-state index contributed by atoms with van der Waals surface area (Å²) in [5, 5.41) is 24.0. The number of carbonyl (C=O) groups is 3. The molecule has 1 heterocycles. The summed E-state index contributed by atoms with van der Waals surface area (Å²) >= 11 is 0. The lowest BCUT2D eigenvalue weighted by atomic mass is 9.87. The van der Waals surface area contributed by atoms with Crippen LogP contribution >= 0.6 is 0 Å². The molecule has 1 saturated heterocycles. The fourth-order valence-electron chi connectivity index (χ4n) is 3.42. The number of amides is 2. The van der Waals surface area contributed by atoms with Crippen LogP contribution in [0.1, 0.15) is 33.1 Å². The minimum Gasteiger partial charge on any atom is -0.396 e. The predicted octanol–water partition coefficient (Wildman–Crippen LogP) is -0.203. The summed E-state index contributed by atoms with van der Waals surface area (Å²) < 4.78 is 40.0. The summed E-state index contributed by atoms with van der Waals surface area (Å²) in [6.45, 7) is 3.11. The van der Waals surface area contributed by atoms with Crippen LogP contribution in [0.25, 0.3) is 0 Å². The fraction of sp³-hybridized carbons (Fsp3) is 0.591. The number of carbonyl (C=O) groups excluding carboxylic acids is 3. The van der Waals surface area contributed by atoms with Crippen molar-refractivity contribution in [3.63, 3.8) is 0 Å². The van der Waals surface area contributed by atoms with Gasteiger partial charge in [0.15, 0.2) is 0 Å². The Morgan fingerprint density at radius 2 is 1.85 bits per heavy atom. The lowest BCUT2D eigenvalue weighted by molar-refractivity contribution is -0.139. The number of nitrogens with one attached hydrogen (secondary N) is 2. The number of piperidine rings is 1. The van der Waals surface area contributed by atoms with Gasteiger partial charge in [0.25, 0.3) is 5.91 Å². The second kappa shape index (κ2) is 11.8. The molecule has 0 saturated carbocycles. The third kappa shape index (κ3) is 7.29. The normalized spacial score (nSPS) is 16.6. The Bertz CT molecular complexity index is 992. The molecule has 0 bridgehead atoms. The second-order valence-electron chi connectivity index (χ2n) is 9.03. The lowest BCUT2D eigenvalue weighted by Gasteiger charge is -2.31. The Hall–Kier alpha value is -2.41. The van der Waals surface area contributed by atoms with Crippen LogP contribution < -0.4 is 10.6 Å². The third-order valence-corrected chi connectivity index (χ3v) is 7.75. The molecule has 0 aromatic heterocycles. The van der Waals surface area contributed by atoms with E-state index < -0.39 is 51.6 Å². The van der Waals surface area contributed by atoms with Crippen LogP contribution in [-0.4, -0.2) is 79.4 Å². The van der Waals surface area contributed by atoms with E-state index in [0.717, 1.165) is 6.07 Å². The zero-order chi connectivity index (χ0) is 25.5. The summed E-state index contributed by atoms with van der Waals surface area (Å²) in [6.07, 6.45) is -0.777. The highest BCUT2D eigenvalue weighted by Crippen LogP contribution is 2.24. The minimum absolute atomic E-state index is 0.0220. The molecule has 12 heteroatoms. The average molecular weight is 502 g/mol. The first kappa shape index (κ1) is 27.8. The summed E-state index contributed by atoms with van der Waals surface area (Å²) in [5.74, 6) is -2.94. The molecule has 0 spiro atoms. The van der Waals surface area contributed by atoms with E-state index in [-0.39, 0.29) is 43.4 Å². The maximum atomic E-state index is 13.4.